The number of rotatable bonds is 4. The number of nitrogens with zero attached hydrogens (tertiary/aromatic N) is 3. The molecule has 1 aromatic heterocycles. The van der Waals surface area contributed by atoms with Crippen LogP contribution < -0.4 is 10.7 Å². The Morgan fingerprint density at radius 2 is 1.15 bits per heavy atom. The van der Waals surface area contributed by atoms with E-state index in [2.05, 4.69) is 4.98 Å². The van der Waals surface area contributed by atoms with Crippen molar-refractivity contribution < 1.29 is 9.59 Å². The predicted octanol–water partition coefficient (Wildman–Crippen LogP) is 3.52. The van der Waals surface area contributed by atoms with Crippen molar-refractivity contribution in [1.29, 1.82) is 15.8 Å². The Bertz CT molecular complexity index is 1700. The van der Waals surface area contributed by atoms with Crippen LogP contribution in [0.5, 0.6) is 0 Å². The number of H-pyrrole nitrogens is 1. The zero-order chi connectivity index (χ0) is 24.2. The van der Waals surface area contributed by atoms with Crippen molar-refractivity contribution in [3.05, 3.63) is 106 Å². The number of hydrogen-bond acceptors (Lipinski definition) is 5. The largest absolute Gasteiger partial charge is 0.353 e. The molecule has 3 aromatic carbocycles. The second kappa shape index (κ2) is 9.09. The molecule has 160 valence electrons. The maximum absolute atomic E-state index is 13.2. The van der Waals surface area contributed by atoms with E-state index >= 15 is 0 Å². The Morgan fingerprint density at radius 3 is 1.62 bits per heavy atom. The number of carbonyl (C=O) groups is 2. The minimum Gasteiger partial charge on any atom is -0.353 e. The average molecular weight is 440 g/mol. The summed E-state index contributed by atoms with van der Waals surface area (Å²) in [7, 11) is 0. The lowest BCUT2D eigenvalue weighted by molar-refractivity contribution is 0.104. The summed E-state index contributed by atoms with van der Waals surface area (Å²) in [6, 6.07) is 25.7. The normalized spacial score (nSPS) is 12.2. The first kappa shape index (κ1) is 22.0. The van der Waals surface area contributed by atoms with Crippen LogP contribution in [0.3, 0.4) is 0 Å². The monoisotopic (exact) mass is 440 g/mol. The lowest BCUT2D eigenvalue weighted by Gasteiger charge is -2.01. The van der Waals surface area contributed by atoms with Crippen molar-refractivity contribution >= 4 is 33.5 Å². The SMILES string of the molecule is C/C(C(=O)c1ccc(C#N)cc1)=c1/[nH]/c(=C(/C#N)C(=O)c2ccc(C#N)cc2)c2ccccc12. The number of nitrogens with one attached hydrogen (secondary N) is 1. The summed E-state index contributed by atoms with van der Waals surface area (Å²) in [4.78, 5) is 29.4. The molecule has 6 nitrogen and oxygen atoms in total. The summed E-state index contributed by atoms with van der Waals surface area (Å²) in [5.74, 6) is -0.721. The van der Waals surface area contributed by atoms with Gasteiger partial charge in [-0.1, -0.05) is 24.3 Å². The van der Waals surface area contributed by atoms with Gasteiger partial charge >= 0.3 is 0 Å². The molecule has 4 rings (SSSR count). The van der Waals surface area contributed by atoms with Crippen molar-refractivity contribution in [2.24, 2.45) is 0 Å². The molecule has 0 saturated carbocycles. The van der Waals surface area contributed by atoms with Crippen LogP contribution in [0.15, 0.2) is 72.8 Å². The van der Waals surface area contributed by atoms with Gasteiger partial charge in [0.25, 0.3) is 0 Å². The van der Waals surface area contributed by atoms with Gasteiger partial charge in [0.15, 0.2) is 5.78 Å². The molecule has 0 unspecified atom stereocenters. The van der Waals surface area contributed by atoms with E-state index in [1.807, 2.05) is 30.3 Å². The van der Waals surface area contributed by atoms with Crippen LogP contribution >= 0.6 is 0 Å². The maximum Gasteiger partial charge on any atom is 0.205 e. The van der Waals surface area contributed by atoms with Crippen molar-refractivity contribution in [3.63, 3.8) is 0 Å². The Balaban J connectivity index is 1.95. The van der Waals surface area contributed by atoms with Crippen LogP contribution in [-0.2, 0) is 0 Å². The van der Waals surface area contributed by atoms with Crippen LogP contribution in [0.2, 0.25) is 0 Å². The molecule has 0 saturated heterocycles. The topological polar surface area (TPSA) is 121 Å². The predicted molar refractivity (Wildman–Crippen MR) is 127 cm³/mol. The molecule has 1 heterocycles. The third kappa shape index (κ3) is 3.86. The Labute approximate surface area is 194 Å². The van der Waals surface area contributed by atoms with Crippen molar-refractivity contribution in [2.45, 2.75) is 6.92 Å². The Morgan fingerprint density at radius 1 is 0.676 bits per heavy atom. The minimum absolute atomic E-state index is 0.0919. The van der Waals surface area contributed by atoms with Crippen LogP contribution in [0.25, 0.3) is 21.9 Å². The van der Waals surface area contributed by atoms with E-state index < -0.39 is 5.78 Å². The lowest BCUT2D eigenvalue weighted by atomic mass is 10.0. The molecule has 4 aromatic rings. The summed E-state index contributed by atoms with van der Waals surface area (Å²) in [5, 5.41) is 30.0. The molecular formula is C28H16N4O2. The number of Topliss-reactive ketones (excluding diaryl/α,β-unsaturated/α-hetero) is 2. The standard InChI is InChI=1S/C28H16N4O2/c1-17(27(33)20-10-6-18(14-29)7-11-20)25-22-4-2-3-5-23(22)26(32-25)24(16-31)28(34)21-12-8-19(15-30)9-13-21/h2-13,32H,1H3/b25-17-,26-24-. The second-order valence-electron chi connectivity index (χ2n) is 7.57. The number of nitriles is 3. The van der Waals surface area contributed by atoms with E-state index in [1.165, 1.54) is 24.3 Å². The first-order valence-corrected chi connectivity index (χ1v) is 10.3. The fourth-order valence-corrected chi connectivity index (χ4v) is 3.76. The highest BCUT2D eigenvalue weighted by atomic mass is 16.1. The van der Waals surface area contributed by atoms with Crippen LogP contribution in [0, 0.1) is 34.0 Å². The van der Waals surface area contributed by atoms with Gasteiger partial charge in [-0.15, -0.1) is 0 Å². The molecule has 0 aliphatic rings. The third-order valence-electron chi connectivity index (χ3n) is 5.57. The van der Waals surface area contributed by atoms with E-state index in [0.717, 1.165) is 0 Å². The second-order valence-corrected chi connectivity index (χ2v) is 7.57. The maximum atomic E-state index is 13.2. The van der Waals surface area contributed by atoms with Gasteiger partial charge in [-0.3, -0.25) is 9.59 Å². The van der Waals surface area contributed by atoms with Gasteiger partial charge in [0, 0.05) is 27.5 Å². The minimum atomic E-state index is -0.485. The van der Waals surface area contributed by atoms with Crippen molar-refractivity contribution in [3.8, 4) is 18.2 Å². The highest BCUT2D eigenvalue weighted by Crippen LogP contribution is 2.14. The average Bonchev–Trinajstić information content (AvgIpc) is 3.27. The molecule has 1 N–H and O–H groups in total. The molecule has 0 spiro atoms. The number of hydrogen-bond donors (Lipinski definition) is 1. The number of fused-ring (bicyclic) bond motifs is 1. The number of benzene rings is 3. The number of ketones is 2. The summed E-state index contributed by atoms with van der Waals surface area (Å²) < 4.78 is 0. The lowest BCUT2D eigenvalue weighted by Crippen LogP contribution is -2.20. The zero-order valence-electron chi connectivity index (χ0n) is 18.1. The molecule has 0 bridgehead atoms. The number of carbonyl (C=O) groups excluding carboxylic acids is 2. The van der Waals surface area contributed by atoms with Crippen LogP contribution in [0.1, 0.15) is 38.8 Å². The molecule has 0 fully saturated rings. The Kier molecular flexibility index (Phi) is 5.87. The molecule has 0 atom stereocenters. The van der Waals surface area contributed by atoms with Gasteiger partial charge in [-0.25, -0.2) is 0 Å². The van der Waals surface area contributed by atoms with Crippen molar-refractivity contribution in [2.75, 3.05) is 0 Å². The smallest absolute Gasteiger partial charge is 0.205 e. The quantitative estimate of drug-likeness (QED) is 0.487. The summed E-state index contributed by atoms with van der Waals surface area (Å²) in [5.41, 5.74) is 1.90. The number of aromatic nitrogens is 1. The van der Waals surface area contributed by atoms with E-state index in [9.17, 15) is 14.9 Å². The summed E-state index contributed by atoms with van der Waals surface area (Å²) >= 11 is 0. The highest BCUT2D eigenvalue weighted by Gasteiger charge is 2.18. The molecule has 0 aliphatic heterocycles. The first-order chi connectivity index (χ1) is 16.5. The van der Waals surface area contributed by atoms with E-state index in [-0.39, 0.29) is 16.9 Å². The third-order valence-corrected chi connectivity index (χ3v) is 5.57. The van der Waals surface area contributed by atoms with Gasteiger partial charge < -0.3 is 4.98 Å². The molecule has 6 heteroatoms. The number of aromatic amines is 1. The van der Waals surface area contributed by atoms with E-state index in [4.69, 9.17) is 10.5 Å². The summed E-state index contributed by atoms with van der Waals surface area (Å²) in [6.07, 6.45) is 0. The van der Waals surface area contributed by atoms with Gasteiger partial charge in [-0.05, 0) is 55.5 Å². The first-order valence-electron chi connectivity index (χ1n) is 10.3. The highest BCUT2D eigenvalue weighted by molar-refractivity contribution is 6.29. The van der Waals surface area contributed by atoms with Gasteiger partial charge in [-0.2, -0.15) is 15.8 Å². The van der Waals surface area contributed by atoms with E-state index in [1.54, 1.807) is 43.3 Å². The van der Waals surface area contributed by atoms with Crippen LogP contribution in [-0.4, -0.2) is 16.6 Å². The van der Waals surface area contributed by atoms with Gasteiger partial charge in [0.2, 0.25) is 5.78 Å². The zero-order valence-corrected chi connectivity index (χ0v) is 18.1. The summed E-state index contributed by atoms with van der Waals surface area (Å²) in [6.45, 7) is 1.68. The Hall–Kier alpha value is -5.25. The molecule has 0 aliphatic carbocycles. The van der Waals surface area contributed by atoms with E-state index in [0.29, 0.717) is 43.7 Å². The molecule has 34 heavy (non-hydrogen) atoms. The molecular weight excluding hydrogens is 424 g/mol. The fourth-order valence-electron chi connectivity index (χ4n) is 3.76. The van der Waals surface area contributed by atoms with Gasteiger partial charge in [0.1, 0.15) is 11.6 Å². The fraction of sp³-hybridized carbons (Fsp3) is 0.0357. The van der Waals surface area contributed by atoms with Crippen molar-refractivity contribution in [1.82, 2.24) is 4.98 Å². The molecule has 0 radical (unpaired) electrons. The van der Waals surface area contributed by atoms with Gasteiger partial charge in [0.05, 0.1) is 34.0 Å². The molecule has 0 amide bonds. The van der Waals surface area contributed by atoms with Crippen LogP contribution in [0.4, 0.5) is 0 Å².